The van der Waals surface area contributed by atoms with Crippen molar-refractivity contribution >= 4 is 11.6 Å². The van der Waals surface area contributed by atoms with Crippen LogP contribution in [0.25, 0.3) is 0 Å². The lowest BCUT2D eigenvalue weighted by molar-refractivity contribution is -0.118. The first kappa shape index (κ1) is 15.0. The van der Waals surface area contributed by atoms with Crippen molar-refractivity contribution in [2.75, 3.05) is 5.32 Å². The van der Waals surface area contributed by atoms with Crippen LogP contribution in [0.15, 0.2) is 30.3 Å². The van der Waals surface area contributed by atoms with Crippen LogP contribution in [-0.4, -0.2) is 18.0 Å². The number of para-hydroxylation sites is 1. The third kappa shape index (κ3) is 4.64. The van der Waals surface area contributed by atoms with Gasteiger partial charge in [0.15, 0.2) is 0 Å². The maximum atomic E-state index is 12.2. The highest BCUT2D eigenvalue weighted by Crippen LogP contribution is 2.22. The molecule has 0 bridgehead atoms. The van der Waals surface area contributed by atoms with Crippen molar-refractivity contribution in [1.82, 2.24) is 5.32 Å². The molecule has 2 N–H and O–H groups in total. The first-order valence-electron chi connectivity index (χ1n) is 7.77. The molecule has 1 fully saturated rings. The molecule has 3 unspecified atom stereocenters. The van der Waals surface area contributed by atoms with E-state index in [0.29, 0.717) is 6.04 Å². The van der Waals surface area contributed by atoms with Gasteiger partial charge in [0.1, 0.15) is 0 Å². The number of amides is 1. The maximum Gasteiger partial charge on any atom is 0.241 e. The van der Waals surface area contributed by atoms with Gasteiger partial charge in [-0.05, 0) is 44.2 Å². The van der Waals surface area contributed by atoms with Gasteiger partial charge in [-0.15, -0.1) is 0 Å². The monoisotopic (exact) mass is 274 g/mol. The molecule has 0 radical (unpaired) electrons. The second-order valence-electron chi connectivity index (χ2n) is 6.05. The molecule has 3 atom stereocenters. The van der Waals surface area contributed by atoms with Gasteiger partial charge in [0, 0.05) is 11.7 Å². The number of carbonyl (C=O) groups excluding carboxylic acids is 1. The standard InChI is InChI=1S/C17H26N2O/c1-13-7-6-10-16(12-11-13)18-14(2)17(20)19-15-8-4-3-5-9-15/h3-5,8-9,13-14,16,18H,6-7,10-12H2,1-2H3,(H,19,20). The van der Waals surface area contributed by atoms with Crippen LogP contribution in [-0.2, 0) is 4.79 Å². The molecule has 0 saturated heterocycles. The van der Waals surface area contributed by atoms with Crippen molar-refractivity contribution in [3.05, 3.63) is 30.3 Å². The van der Waals surface area contributed by atoms with Gasteiger partial charge in [-0.3, -0.25) is 4.79 Å². The minimum absolute atomic E-state index is 0.0495. The average Bonchev–Trinajstić information content (AvgIpc) is 2.65. The molecule has 110 valence electrons. The lowest BCUT2D eigenvalue weighted by Crippen LogP contribution is -2.43. The van der Waals surface area contributed by atoms with Gasteiger partial charge in [-0.2, -0.15) is 0 Å². The SMILES string of the molecule is CC1CCCC(NC(C)C(=O)Nc2ccccc2)CC1. The van der Waals surface area contributed by atoms with E-state index in [1.54, 1.807) is 0 Å². The van der Waals surface area contributed by atoms with Crippen LogP contribution >= 0.6 is 0 Å². The Hall–Kier alpha value is -1.35. The molecule has 1 amide bonds. The highest BCUT2D eigenvalue weighted by molar-refractivity contribution is 5.94. The highest BCUT2D eigenvalue weighted by Gasteiger charge is 2.20. The fourth-order valence-corrected chi connectivity index (χ4v) is 2.85. The van der Waals surface area contributed by atoms with Crippen molar-refractivity contribution in [3.8, 4) is 0 Å². The van der Waals surface area contributed by atoms with Crippen LogP contribution in [0.2, 0.25) is 0 Å². The Morgan fingerprint density at radius 1 is 1.15 bits per heavy atom. The number of anilines is 1. The van der Waals surface area contributed by atoms with E-state index in [1.165, 1.54) is 32.1 Å². The second-order valence-corrected chi connectivity index (χ2v) is 6.05. The molecule has 1 aromatic carbocycles. The molecule has 3 heteroatoms. The van der Waals surface area contributed by atoms with Gasteiger partial charge in [-0.1, -0.05) is 38.0 Å². The van der Waals surface area contributed by atoms with Crippen molar-refractivity contribution in [2.45, 2.75) is 58.0 Å². The number of benzene rings is 1. The molecule has 0 spiro atoms. The normalized spacial score (nSPS) is 24.7. The number of nitrogens with one attached hydrogen (secondary N) is 2. The summed E-state index contributed by atoms with van der Waals surface area (Å²) in [5, 5.41) is 6.44. The smallest absolute Gasteiger partial charge is 0.241 e. The Labute approximate surface area is 122 Å². The zero-order valence-corrected chi connectivity index (χ0v) is 12.6. The number of hydrogen-bond acceptors (Lipinski definition) is 2. The third-order valence-electron chi connectivity index (χ3n) is 4.18. The molecule has 1 aliphatic carbocycles. The molecular weight excluding hydrogens is 248 g/mol. The Balaban J connectivity index is 1.81. The van der Waals surface area contributed by atoms with Crippen LogP contribution in [0.5, 0.6) is 0 Å². The lowest BCUT2D eigenvalue weighted by Gasteiger charge is -2.21. The predicted molar refractivity (Wildman–Crippen MR) is 83.7 cm³/mol. The van der Waals surface area contributed by atoms with Gasteiger partial charge in [-0.25, -0.2) is 0 Å². The molecule has 2 rings (SSSR count). The van der Waals surface area contributed by atoms with Gasteiger partial charge in [0.25, 0.3) is 0 Å². The van der Waals surface area contributed by atoms with Crippen LogP contribution < -0.4 is 10.6 Å². The van der Waals surface area contributed by atoms with Gasteiger partial charge in [0.2, 0.25) is 5.91 Å². The Kier molecular flexibility index (Phi) is 5.60. The van der Waals surface area contributed by atoms with Gasteiger partial charge >= 0.3 is 0 Å². The van der Waals surface area contributed by atoms with E-state index in [2.05, 4.69) is 17.6 Å². The van der Waals surface area contributed by atoms with Crippen molar-refractivity contribution in [1.29, 1.82) is 0 Å². The molecule has 1 saturated carbocycles. The topological polar surface area (TPSA) is 41.1 Å². The summed E-state index contributed by atoms with van der Waals surface area (Å²) < 4.78 is 0. The molecule has 0 aliphatic heterocycles. The lowest BCUT2D eigenvalue weighted by atomic mass is 10.0. The quantitative estimate of drug-likeness (QED) is 0.824. The van der Waals surface area contributed by atoms with E-state index in [1.807, 2.05) is 37.3 Å². The summed E-state index contributed by atoms with van der Waals surface area (Å²) >= 11 is 0. The fraction of sp³-hybridized carbons (Fsp3) is 0.588. The van der Waals surface area contributed by atoms with E-state index in [0.717, 1.165) is 11.6 Å². The summed E-state index contributed by atoms with van der Waals surface area (Å²) in [5.41, 5.74) is 0.862. The zero-order valence-electron chi connectivity index (χ0n) is 12.6. The van der Waals surface area contributed by atoms with Crippen LogP contribution in [0.1, 0.15) is 46.0 Å². The van der Waals surface area contributed by atoms with Crippen LogP contribution in [0.4, 0.5) is 5.69 Å². The maximum absolute atomic E-state index is 12.2. The summed E-state index contributed by atoms with van der Waals surface area (Å²) in [7, 11) is 0. The summed E-state index contributed by atoms with van der Waals surface area (Å²) in [5.74, 6) is 0.878. The zero-order chi connectivity index (χ0) is 14.4. The number of rotatable bonds is 4. The first-order valence-corrected chi connectivity index (χ1v) is 7.77. The average molecular weight is 274 g/mol. The van der Waals surface area contributed by atoms with Crippen LogP contribution in [0, 0.1) is 5.92 Å². The largest absolute Gasteiger partial charge is 0.325 e. The minimum Gasteiger partial charge on any atom is -0.325 e. The highest BCUT2D eigenvalue weighted by atomic mass is 16.2. The Bertz CT molecular complexity index is 418. The molecule has 20 heavy (non-hydrogen) atoms. The van der Waals surface area contributed by atoms with E-state index >= 15 is 0 Å². The van der Waals surface area contributed by atoms with Crippen LogP contribution in [0.3, 0.4) is 0 Å². The molecular formula is C17H26N2O. The molecule has 0 aromatic heterocycles. The third-order valence-corrected chi connectivity index (χ3v) is 4.18. The second kappa shape index (κ2) is 7.44. The van der Waals surface area contributed by atoms with E-state index in [4.69, 9.17) is 0 Å². The van der Waals surface area contributed by atoms with E-state index < -0.39 is 0 Å². The summed E-state index contributed by atoms with van der Waals surface area (Å²) in [4.78, 5) is 12.2. The predicted octanol–water partition coefficient (Wildman–Crippen LogP) is 3.57. The summed E-state index contributed by atoms with van der Waals surface area (Å²) in [6, 6.07) is 9.98. The van der Waals surface area contributed by atoms with E-state index in [9.17, 15) is 4.79 Å². The van der Waals surface area contributed by atoms with Crippen molar-refractivity contribution in [3.63, 3.8) is 0 Å². The minimum atomic E-state index is -0.145. The molecule has 3 nitrogen and oxygen atoms in total. The molecule has 1 aliphatic rings. The first-order chi connectivity index (χ1) is 9.65. The summed E-state index contributed by atoms with van der Waals surface area (Å²) in [6.07, 6.45) is 6.23. The number of carbonyl (C=O) groups is 1. The fourth-order valence-electron chi connectivity index (χ4n) is 2.85. The van der Waals surface area contributed by atoms with Gasteiger partial charge in [0.05, 0.1) is 6.04 Å². The van der Waals surface area contributed by atoms with Crippen molar-refractivity contribution in [2.24, 2.45) is 5.92 Å². The number of hydrogen-bond donors (Lipinski definition) is 2. The molecule has 1 aromatic rings. The van der Waals surface area contributed by atoms with E-state index in [-0.39, 0.29) is 11.9 Å². The van der Waals surface area contributed by atoms with Gasteiger partial charge < -0.3 is 10.6 Å². The Morgan fingerprint density at radius 3 is 2.65 bits per heavy atom. The van der Waals surface area contributed by atoms with Crippen molar-refractivity contribution < 1.29 is 4.79 Å². The summed E-state index contributed by atoms with van der Waals surface area (Å²) in [6.45, 7) is 4.28. The molecule has 0 heterocycles. The Morgan fingerprint density at radius 2 is 1.90 bits per heavy atom.